The fourth-order valence-corrected chi connectivity index (χ4v) is 2.94. The molecule has 1 fully saturated rings. The Balaban J connectivity index is 0.00000180. The van der Waals surface area contributed by atoms with Gasteiger partial charge in [-0.3, -0.25) is 4.99 Å². The Kier molecular flexibility index (Phi) is 6.99. The molecule has 1 aromatic rings. The Morgan fingerprint density at radius 2 is 2.05 bits per heavy atom. The zero-order chi connectivity index (χ0) is 12.8. The molecule has 2 rings (SSSR count). The van der Waals surface area contributed by atoms with Crippen molar-refractivity contribution < 1.29 is 0 Å². The van der Waals surface area contributed by atoms with E-state index < -0.39 is 0 Å². The van der Waals surface area contributed by atoms with Gasteiger partial charge >= 0.3 is 0 Å². The molecule has 1 aliphatic carbocycles. The summed E-state index contributed by atoms with van der Waals surface area (Å²) < 4.78 is 0.292. The van der Waals surface area contributed by atoms with Crippen LogP contribution < -0.4 is 11.1 Å². The van der Waals surface area contributed by atoms with Crippen molar-refractivity contribution in [3.8, 4) is 0 Å². The summed E-state index contributed by atoms with van der Waals surface area (Å²) in [6.45, 7) is 3.83. The van der Waals surface area contributed by atoms with Crippen LogP contribution in [0, 0.1) is 0 Å². The van der Waals surface area contributed by atoms with Gasteiger partial charge in [0.2, 0.25) is 0 Å². The number of benzene rings is 1. The van der Waals surface area contributed by atoms with Gasteiger partial charge in [0.25, 0.3) is 0 Å². The lowest BCUT2D eigenvalue weighted by Crippen LogP contribution is -2.33. The third-order valence-electron chi connectivity index (χ3n) is 2.98. The van der Waals surface area contributed by atoms with Crippen molar-refractivity contribution in [3.05, 3.63) is 30.3 Å². The van der Waals surface area contributed by atoms with Crippen LogP contribution in [0.2, 0.25) is 0 Å². The summed E-state index contributed by atoms with van der Waals surface area (Å²) in [5.41, 5.74) is 5.82. The lowest BCUT2D eigenvalue weighted by atomic mass is 10.4. The number of guanidine groups is 1. The first kappa shape index (κ1) is 16.6. The van der Waals surface area contributed by atoms with Gasteiger partial charge in [-0.25, -0.2) is 0 Å². The Morgan fingerprint density at radius 1 is 1.37 bits per heavy atom. The predicted octanol–water partition coefficient (Wildman–Crippen LogP) is 3.24. The summed E-state index contributed by atoms with van der Waals surface area (Å²) >= 11 is 1.93. The van der Waals surface area contributed by atoms with Gasteiger partial charge in [0.15, 0.2) is 5.96 Å². The van der Waals surface area contributed by atoms with Crippen LogP contribution in [0.4, 0.5) is 0 Å². The highest BCUT2D eigenvalue weighted by atomic mass is 127. The molecule has 106 valence electrons. The van der Waals surface area contributed by atoms with Crippen molar-refractivity contribution >= 4 is 41.7 Å². The molecular weight excluding hydrogens is 369 g/mol. The average Bonchev–Trinajstić information content (AvgIpc) is 3.15. The summed E-state index contributed by atoms with van der Waals surface area (Å²) in [6, 6.07) is 10.5. The van der Waals surface area contributed by atoms with Crippen LogP contribution in [0.25, 0.3) is 0 Å². The molecule has 19 heavy (non-hydrogen) atoms. The second-order valence-corrected chi connectivity index (χ2v) is 6.27. The van der Waals surface area contributed by atoms with Gasteiger partial charge in [-0.1, -0.05) is 25.1 Å². The number of aliphatic imine (C=N–C) groups is 1. The highest BCUT2D eigenvalue weighted by Gasteiger charge is 2.43. The molecule has 5 heteroatoms. The number of halogens is 1. The number of hydrogen-bond donors (Lipinski definition) is 2. The average molecular weight is 391 g/mol. The second kappa shape index (κ2) is 7.99. The van der Waals surface area contributed by atoms with Crippen LogP contribution in [0.5, 0.6) is 0 Å². The minimum atomic E-state index is 0. The van der Waals surface area contributed by atoms with Gasteiger partial charge in [-0.15, -0.1) is 35.7 Å². The number of thioether (sulfide) groups is 1. The zero-order valence-corrected chi connectivity index (χ0v) is 14.4. The third kappa shape index (κ3) is 5.60. The number of nitrogens with one attached hydrogen (secondary N) is 1. The van der Waals surface area contributed by atoms with Crippen molar-refractivity contribution in [3.63, 3.8) is 0 Å². The molecule has 1 saturated carbocycles. The molecule has 0 saturated heterocycles. The first-order chi connectivity index (χ1) is 8.74. The second-order valence-electron chi connectivity index (χ2n) is 4.73. The van der Waals surface area contributed by atoms with Crippen molar-refractivity contribution in [1.82, 2.24) is 5.32 Å². The molecule has 0 unspecified atom stereocenters. The fraction of sp³-hybridized carbons (Fsp3) is 0.500. The summed E-state index contributed by atoms with van der Waals surface area (Å²) in [7, 11) is 0. The van der Waals surface area contributed by atoms with Gasteiger partial charge in [-0.2, -0.15) is 0 Å². The predicted molar refractivity (Wildman–Crippen MR) is 94.5 cm³/mol. The maximum atomic E-state index is 5.82. The molecule has 0 aromatic heterocycles. The highest BCUT2D eigenvalue weighted by molar-refractivity contribution is 14.0. The molecule has 0 bridgehead atoms. The quantitative estimate of drug-likeness (QED) is 0.445. The van der Waals surface area contributed by atoms with Gasteiger partial charge in [0.1, 0.15) is 0 Å². The first-order valence-corrected chi connectivity index (χ1v) is 7.34. The molecule has 3 nitrogen and oxygen atoms in total. The van der Waals surface area contributed by atoms with Gasteiger partial charge < -0.3 is 11.1 Å². The highest BCUT2D eigenvalue weighted by Crippen LogP contribution is 2.51. The molecule has 0 radical (unpaired) electrons. The van der Waals surface area contributed by atoms with Crippen LogP contribution in [-0.2, 0) is 0 Å². The fourth-order valence-electron chi connectivity index (χ4n) is 1.71. The third-order valence-corrected chi connectivity index (χ3v) is 4.46. The SMILES string of the molecule is CCCNC(N)=NCC1(Sc2ccccc2)CC1.I. The van der Waals surface area contributed by atoms with E-state index in [1.807, 2.05) is 11.8 Å². The summed E-state index contributed by atoms with van der Waals surface area (Å²) in [5, 5.41) is 3.12. The van der Waals surface area contributed by atoms with E-state index in [9.17, 15) is 0 Å². The van der Waals surface area contributed by atoms with E-state index in [0.717, 1.165) is 19.5 Å². The largest absolute Gasteiger partial charge is 0.370 e. The van der Waals surface area contributed by atoms with E-state index in [1.54, 1.807) is 0 Å². The van der Waals surface area contributed by atoms with Crippen LogP contribution in [-0.4, -0.2) is 23.8 Å². The Hall–Kier alpha value is -0.430. The molecule has 0 atom stereocenters. The van der Waals surface area contributed by atoms with Crippen molar-refractivity contribution in [2.75, 3.05) is 13.1 Å². The van der Waals surface area contributed by atoms with Gasteiger partial charge in [0, 0.05) is 16.2 Å². The number of rotatable bonds is 6. The zero-order valence-electron chi connectivity index (χ0n) is 11.3. The Bertz CT molecular complexity index is 404. The van der Waals surface area contributed by atoms with Crippen molar-refractivity contribution in [2.45, 2.75) is 35.8 Å². The smallest absolute Gasteiger partial charge is 0.188 e. The lowest BCUT2D eigenvalue weighted by molar-refractivity contribution is 0.815. The minimum absolute atomic E-state index is 0. The molecule has 0 aliphatic heterocycles. The van der Waals surface area contributed by atoms with Crippen LogP contribution in [0.15, 0.2) is 40.2 Å². The molecule has 0 spiro atoms. The first-order valence-electron chi connectivity index (χ1n) is 6.52. The summed E-state index contributed by atoms with van der Waals surface area (Å²) in [5.74, 6) is 0.580. The van der Waals surface area contributed by atoms with E-state index in [1.165, 1.54) is 17.7 Å². The Labute approximate surface area is 136 Å². The molecule has 1 aromatic carbocycles. The summed E-state index contributed by atoms with van der Waals surface area (Å²) in [6.07, 6.45) is 3.54. The maximum Gasteiger partial charge on any atom is 0.188 e. The van der Waals surface area contributed by atoms with Crippen LogP contribution >= 0.6 is 35.7 Å². The molecule has 0 heterocycles. The van der Waals surface area contributed by atoms with E-state index in [-0.39, 0.29) is 24.0 Å². The van der Waals surface area contributed by atoms with Gasteiger partial charge in [0.05, 0.1) is 6.54 Å². The van der Waals surface area contributed by atoms with E-state index in [2.05, 4.69) is 47.6 Å². The normalized spacial score (nSPS) is 16.6. The van der Waals surface area contributed by atoms with Crippen molar-refractivity contribution in [2.24, 2.45) is 10.7 Å². The maximum absolute atomic E-state index is 5.82. The standard InChI is InChI=1S/C14H21N3S.HI/c1-2-10-16-13(15)17-11-14(8-9-14)18-12-6-4-3-5-7-12;/h3-7H,2,8-11H2,1H3,(H3,15,16,17);1H. The number of nitrogens with zero attached hydrogens (tertiary/aromatic N) is 1. The minimum Gasteiger partial charge on any atom is -0.370 e. The molecule has 3 N–H and O–H groups in total. The van der Waals surface area contributed by atoms with E-state index in [0.29, 0.717) is 10.7 Å². The van der Waals surface area contributed by atoms with E-state index in [4.69, 9.17) is 5.73 Å². The molecule has 1 aliphatic rings. The van der Waals surface area contributed by atoms with Crippen LogP contribution in [0.1, 0.15) is 26.2 Å². The number of hydrogen-bond acceptors (Lipinski definition) is 2. The lowest BCUT2D eigenvalue weighted by Gasteiger charge is -2.12. The summed E-state index contributed by atoms with van der Waals surface area (Å²) in [4.78, 5) is 5.78. The van der Waals surface area contributed by atoms with Crippen LogP contribution in [0.3, 0.4) is 0 Å². The number of nitrogens with two attached hydrogens (primary N) is 1. The molecular formula is C14H22IN3S. The molecule has 0 amide bonds. The monoisotopic (exact) mass is 391 g/mol. The Morgan fingerprint density at radius 3 is 2.63 bits per heavy atom. The topological polar surface area (TPSA) is 50.4 Å². The van der Waals surface area contributed by atoms with E-state index >= 15 is 0 Å². The van der Waals surface area contributed by atoms with Gasteiger partial charge in [-0.05, 0) is 31.4 Å². The van der Waals surface area contributed by atoms with Crippen molar-refractivity contribution in [1.29, 1.82) is 0 Å².